The van der Waals surface area contributed by atoms with Gasteiger partial charge in [-0.25, -0.2) is 5.01 Å². The zero-order valence-electron chi connectivity index (χ0n) is 17.3. The Bertz CT molecular complexity index is 1170. The number of nitro benzene ring substituents is 1. The fourth-order valence-electron chi connectivity index (χ4n) is 5.63. The second kappa shape index (κ2) is 8.11. The number of rotatable bonds is 5. The molecule has 0 radical (unpaired) electrons. The summed E-state index contributed by atoms with van der Waals surface area (Å²) in [5.41, 5.74) is -0.170. The van der Waals surface area contributed by atoms with Crippen LogP contribution in [0.2, 0.25) is 10.0 Å². The summed E-state index contributed by atoms with van der Waals surface area (Å²) < 4.78 is 0. The van der Waals surface area contributed by atoms with Crippen LogP contribution < -0.4 is 0 Å². The average molecular weight is 488 g/mol. The lowest BCUT2D eigenvalue weighted by molar-refractivity contribution is -0.385. The lowest BCUT2D eigenvalue weighted by Crippen LogP contribution is -2.50. The molecule has 2 aromatic carbocycles. The zero-order valence-corrected chi connectivity index (χ0v) is 18.8. The minimum atomic E-state index is -0.817. The van der Waals surface area contributed by atoms with Gasteiger partial charge in [0.15, 0.2) is 0 Å². The maximum atomic E-state index is 13.6. The van der Waals surface area contributed by atoms with E-state index in [2.05, 4.69) is 0 Å². The Hall–Kier alpha value is -2.97. The van der Waals surface area contributed by atoms with Crippen molar-refractivity contribution in [3.8, 4) is 0 Å². The maximum absolute atomic E-state index is 13.6. The summed E-state index contributed by atoms with van der Waals surface area (Å²) in [5, 5.41) is 14.1. The number of hydrogen-bond donors (Lipinski definition) is 0. The van der Waals surface area contributed by atoms with Gasteiger partial charge in [0, 0.05) is 16.1 Å². The Morgan fingerprint density at radius 3 is 2.30 bits per heavy atom. The molecule has 10 heteroatoms. The lowest BCUT2D eigenvalue weighted by Gasteiger charge is -2.31. The van der Waals surface area contributed by atoms with Gasteiger partial charge in [-0.2, -0.15) is 5.01 Å². The van der Waals surface area contributed by atoms with E-state index < -0.39 is 40.2 Å². The number of para-hydroxylation sites is 1. The second-order valence-corrected chi connectivity index (χ2v) is 9.59. The van der Waals surface area contributed by atoms with Gasteiger partial charge in [-0.05, 0) is 54.9 Å². The molecule has 170 valence electrons. The first-order valence-electron chi connectivity index (χ1n) is 10.6. The fraction of sp³-hybridized carbons (Fsp3) is 0.348. The number of nitro groups is 1. The molecule has 0 unspecified atom stereocenters. The first-order valence-corrected chi connectivity index (χ1v) is 11.4. The van der Waals surface area contributed by atoms with Crippen LogP contribution in [0.5, 0.6) is 0 Å². The largest absolute Gasteiger partial charge is 0.282 e. The third-order valence-corrected chi connectivity index (χ3v) is 7.63. The van der Waals surface area contributed by atoms with Crippen LogP contribution in [-0.4, -0.2) is 32.7 Å². The van der Waals surface area contributed by atoms with E-state index in [-0.39, 0.29) is 29.0 Å². The smallest absolute Gasteiger partial charge is 0.272 e. The first kappa shape index (κ1) is 21.9. The van der Waals surface area contributed by atoms with Crippen molar-refractivity contribution in [1.82, 2.24) is 10.0 Å². The summed E-state index contributed by atoms with van der Waals surface area (Å²) in [6.45, 7) is -0.215. The Labute approximate surface area is 199 Å². The van der Waals surface area contributed by atoms with E-state index in [1.165, 1.54) is 30.3 Å². The highest BCUT2D eigenvalue weighted by atomic mass is 35.5. The molecule has 1 saturated heterocycles. The molecule has 0 N–H and O–H groups in total. The van der Waals surface area contributed by atoms with Gasteiger partial charge in [0.1, 0.15) is 5.56 Å². The number of carbonyl (C=O) groups is 3. The van der Waals surface area contributed by atoms with Crippen LogP contribution in [0.15, 0.2) is 42.5 Å². The van der Waals surface area contributed by atoms with E-state index in [0.29, 0.717) is 10.6 Å². The third-order valence-electron chi connectivity index (χ3n) is 7.05. The highest BCUT2D eigenvalue weighted by Gasteiger charge is 2.62. The van der Waals surface area contributed by atoms with Crippen LogP contribution in [0.1, 0.15) is 35.2 Å². The van der Waals surface area contributed by atoms with Crippen LogP contribution in [0.25, 0.3) is 0 Å². The molecular weight excluding hydrogens is 469 g/mol. The predicted molar refractivity (Wildman–Crippen MR) is 119 cm³/mol. The fourth-order valence-corrected chi connectivity index (χ4v) is 6.10. The minimum absolute atomic E-state index is 0.128. The molecule has 33 heavy (non-hydrogen) atoms. The molecule has 2 bridgehead atoms. The van der Waals surface area contributed by atoms with Gasteiger partial charge in [0.05, 0.1) is 23.3 Å². The van der Waals surface area contributed by atoms with Crippen LogP contribution in [0.4, 0.5) is 5.69 Å². The number of nitrogens with zero attached hydrogens (tertiary/aromatic N) is 3. The SMILES string of the molecule is O=C(c1ccccc1[N+](=O)[O-])N(Cc1ccc(Cl)cc1Cl)N1C(=O)[C@@H]2[C@H]3CC[C@@H](C3)[C@H]2C1=O. The molecule has 1 aliphatic heterocycles. The number of hydrazine groups is 1. The molecule has 1 heterocycles. The number of benzene rings is 2. The van der Waals surface area contributed by atoms with Crippen LogP contribution in [-0.2, 0) is 16.1 Å². The van der Waals surface area contributed by atoms with Gasteiger partial charge >= 0.3 is 0 Å². The molecule has 3 amide bonds. The average Bonchev–Trinajstić information content (AvgIpc) is 3.47. The molecule has 8 nitrogen and oxygen atoms in total. The topological polar surface area (TPSA) is 101 Å². The predicted octanol–water partition coefficient (Wildman–Crippen LogP) is 4.49. The summed E-state index contributed by atoms with van der Waals surface area (Å²) >= 11 is 12.3. The number of amides is 3. The number of fused-ring (bicyclic) bond motifs is 5. The van der Waals surface area contributed by atoms with Gasteiger partial charge in [0.25, 0.3) is 23.4 Å². The normalized spacial score (nSPS) is 25.5. The van der Waals surface area contributed by atoms with Crippen molar-refractivity contribution in [2.24, 2.45) is 23.7 Å². The summed E-state index contributed by atoms with van der Waals surface area (Å²) in [5.74, 6) is -2.30. The number of carbonyl (C=O) groups excluding carboxylic acids is 3. The summed E-state index contributed by atoms with van der Waals surface area (Å²) in [6, 6.07) is 10.1. The molecule has 4 atom stereocenters. The summed E-state index contributed by atoms with van der Waals surface area (Å²) in [4.78, 5) is 51.4. The van der Waals surface area contributed by atoms with E-state index in [4.69, 9.17) is 23.2 Å². The Morgan fingerprint density at radius 2 is 1.70 bits per heavy atom. The Balaban J connectivity index is 1.58. The summed E-state index contributed by atoms with van der Waals surface area (Å²) in [7, 11) is 0. The van der Waals surface area contributed by atoms with Crippen LogP contribution in [0.3, 0.4) is 0 Å². The highest BCUT2D eigenvalue weighted by molar-refractivity contribution is 6.35. The monoisotopic (exact) mass is 487 g/mol. The molecular formula is C23H19Cl2N3O5. The number of imide groups is 1. The molecule has 2 aromatic rings. The van der Waals surface area contributed by atoms with E-state index >= 15 is 0 Å². The minimum Gasteiger partial charge on any atom is -0.272 e. The molecule has 0 aromatic heterocycles. The van der Waals surface area contributed by atoms with Gasteiger partial charge in [-0.15, -0.1) is 0 Å². The van der Waals surface area contributed by atoms with Gasteiger partial charge in [0.2, 0.25) is 0 Å². The van der Waals surface area contributed by atoms with Crippen molar-refractivity contribution < 1.29 is 19.3 Å². The van der Waals surface area contributed by atoms with Crippen molar-refractivity contribution in [2.75, 3.05) is 0 Å². The summed E-state index contributed by atoms with van der Waals surface area (Å²) in [6.07, 6.45) is 2.63. The molecule has 0 spiro atoms. The number of hydrogen-bond acceptors (Lipinski definition) is 5. The number of halogens is 2. The van der Waals surface area contributed by atoms with E-state index in [1.54, 1.807) is 12.1 Å². The van der Waals surface area contributed by atoms with Gasteiger partial charge in [-0.1, -0.05) is 41.4 Å². The standard InChI is InChI=1S/C23H19Cl2N3O5/c24-15-8-7-14(17(25)10-15)11-26(21(29)16-3-1-2-4-18(16)28(32)33)27-22(30)19-12-5-6-13(9-12)20(19)23(27)31/h1-4,7-8,10,12-13,19-20H,5-6,9,11H2/t12-,13-,19+,20+/m0/s1. The Morgan fingerprint density at radius 1 is 1.06 bits per heavy atom. The third kappa shape index (κ3) is 3.48. The van der Waals surface area contributed by atoms with Crippen molar-refractivity contribution in [3.05, 3.63) is 73.8 Å². The van der Waals surface area contributed by atoms with Gasteiger partial charge in [-0.3, -0.25) is 24.5 Å². The molecule has 5 rings (SSSR count). The first-order chi connectivity index (χ1) is 15.8. The van der Waals surface area contributed by atoms with E-state index in [9.17, 15) is 24.5 Å². The van der Waals surface area contributed by atoms with Crippen LogP contribution in [0, 0.1) is 33.8 Å². The van der Waals surface area contributed by atoms with E-state index in [1.807, 2.05) is 0 Å². The second-order valence-electron chi connectivity index (χ2n) is 8.75. The Kier molecular flexibility index (Phi) is 5.37. The van der Waals surface area contributed by atoms with E-state index in [0.717, 1.165) is 29.3 Å². The van der Waals surface area contributed by atoms with Crippen molar-refractivity contribution >= 4 is 46.6 Å². The van der Waals surface area contributed by atoms with Gasteiger partial charge < -0.3 is 0 Å². The van der Waals surface area contributed by atoms with Crippen molar-refractivity contribution in [2.45, 2.75) is 25.8 Å². The highest BCUT2D eigenvalue weighted by Crippen LogP contribution is 2.56. The molecule has 3 fully saturated rings. The molecule has 2 saturated carbocycles. The molecule has 3 aliphatic rings. The van der Waals surface area contributed by atoms with Crippen LogP contribution >= 0.6 is 23.2 Å². The van der Waals surface area contributed by atoms with Crippen molar-refractivity contribution in [3.63, 3.8) is 0 Å². The lowest BCUT2D eigenvalue weighted by atomic mass is 9.81. The molecule has 2 aliphatic carbocycles. The van der Waals surface area contributed by atoms with Crippen molar-refractivity contribution in [1.29, 1.82) is 0 Å². The zero-order chi connectivity index (χ0) is 23.4. The maximum Gasteiger partial charge on any atom is 0.282 e. The quantitative estimate of drug-likeness (QED) is 0.351.